The number of nitrogens with zero attached hydrogens (tertiary/aromatic N) is 2. The maximum atomic E-state index is 12.5. The van der Waals surface area contributed by atoms with Gasteiger partial charge in [-0.2, -0.15) is 0 Å². The molecule has 0 aliphatic rings. The van der Waals surface area contributed by atoms with Gasteiger partial charge in [-0.25, -0.2) is 9.97 Å². The van der Waals surface area contributed by atoms with Gasteiger partial charge in [0.15, 0.2) is 11.5 Å². The molecule has 2 aromatic carbocycles. The number of para-hydroxylation sites is 1. The van der Waals surface area contributed by atoms with E-state index in [0.717, 1.165) is 0 Å². The molecule has 0 aliphatic carbocycles. The first-order valence-corrected chi connectivity index (χ1v) is 8.35. The first-order valence-electron chi connectivity index (χ1n) is 7.97. The second-order valence-electron chi connectivity index (χ2n) is 5.42. The van der Waals surface area contributed by atoms with Crippen LogP contribution in [-0.2, 0) is 0 Å². The average molecular weight is 385 g/mol. The van der Waals surface area contributed by atoms with Gasteiger partial charge < -0.3 is 20.1 Å². The van der Waals surface area contributed by atoms with Crippen molar-refractivity contribution in [3.8, 4) is 11.5 Å². The number of carbonyl (C=O) groups is 1. The van der Waals surface area contributed by atoms with Crippen LogP contribution in [0.15, 0.2) is 54.9 Å². The molecule has 0 saturated heterocycles. The number of ether oxygens (including phenoxy) is 2. The number of rotatable bonds is 6. The normalized spacial score (nSPS) is 10.2. The highest BCUT2D eigenvalue weighted by atomic mass is 35.5. The lowest BCUT2D eigenvalue weighted by atomic mass is 10.2. The fraction of sp³-hybridized carbons (Fsp3) is 0.105. The van der Waals surface area contributed by atoms with Gasteiger partial charge in [-0.3, -0.25) is 4.79 Å². The lowest BCUT2D eigenvalue weighted by Gasteiger charge is -2.11. The summed E-state index contributed by atoms with van der Waals surface area (Å²) in [6, 6.07) is 13.9. The molecule has 1 aromatic heterocycles. The minimum Gasteiger partial charge on any atom is -0.493 e. The lowest BCUT2D eigenvalue weighted by Crippen LogP contribution is -2.14. The van der Waals surface area contributed by atoms with Crippen LogP contribution in [0.25, 0.3) is 0 Å². The van der Waals surface area contributed by atoms with E-state index in [1.807, 2.05) is 18.2 Å². The zero-order valence-electron chi connectivity index (χ0n) is 14.7. The molecule has 0 radical (unpaired) electrons. The Balaban J connectivity index is 1.77. The minimum absolute atomic E-state index is 0.203. The number of hydrogen-bond acceptors (Lipinski definition) is 6. The Morgan fingerprint density at radius 1 is 1.00 bits per heavy atom. The van der Waals surface area contributed by atoms with Gasteiger partial charge in [0.25, 0.3) is 5.91 Å². The summed E-state index contributed by atoms with van der Waals surface area (Å²) in [6.07, 6.45) is 1.31. The summed E-state index contributed by atoms with van der Waals surface area (Å²) in [6.45, 7) is 0. The fourth-order valence-electron chi connectivity index (χ4n) is 2.36. The van der Waals surface area contributed by atoms with Crippen LogP contribution in [0.3, 0.4) is 0 Å². The highest BCUT2D eigenvalue weighted by Crippen LogP contribution is 2.30. The number of amides is 1. The summed E-state index contributed by atoms with van der Waals surface area (Å²) in [5.74, 6) is 1.16. The molecule has 0 unspecified atom stereocenters. The summed E-state index contributed by atoms with van der Waals surface area (Å²) in [7, 11) is 3.07. The van der Waals surface area contributed by atoms with Crippen LogP contribution in [0.5, 0.6) is 11.5 Å². The summed E-state index contributed by atoms with van der Waals surface area (Å²) in [4.78, 5) is 20.7. The van der Waals surface area contributed by atoms with Crippen LogP contribution in [0, 0.1) is 0 Å². The molecule has 8 heteroatoms. The van der Waals surface area contributed by atoms with Gasteiger partial charge >= 0.3 is 0 Å². The predicted octanol–water partition coefficient (Wildman–Crippen LogP) is 4.14. The molecule has 1 heterocycles. The van der Waals surface area contributed by atoms with Gasteiger partial charge in [0, 0.05) is 17.8 Å². The third-order valence-corrected chi connectivity index (χ3v) is 4.01. The molecule has 0 saturated carbocycles. The van der Waals surface area contributed by atoms with Crippen LogP contribution >= 0.6 is 11.6 Å². The second-order valence-corrected chi connectivity index (χ2v) is 5.82. The van der Waals surface area contributed by atoms with E-state index in [2.05, 4.69) is 20.6 Å². The summed E-state index contributed by atoms with van der Waals surface area (Å²) < 4.78 is 10.4. The molecule has 0 aliphatic heterocycles. The van der Waals surface area contributed by atoms with Crippen molar-refractivity contribution < 1.29 is 14.3 Å². The zero-order valence-corrected chi connectivity index (χ0v) is 15.4. The molecular formula is C19H17ClN4O3. The Bertz CT molecular complexity index is 965. The first kappa shape index (κ1) is 18.5. The maximum Gasteiger partial charge on any atom is 0.274 e. The van der Waals surface area contributed by atoms with E-state index in [1.54, 1.807) is 37.4 Å². The predicted molar refractivity (Wildman–Crippen MR) is 104 cm³/mol. The second kappa shape index (κ2) is 8.37. The summed E-state index contributed by atoms with van der Waals surface area (Å²) >= 11 is 6.13. The van der Waals surface area contributed by atoms with Crippen LogP contribution in [0.4, 0.5) is 17.2 Å². The summed E-state index contributed by atoms with van der Waals surface area (Å²) in [5, 5.41) is 6.38. The Labute approximate surface area is 161 Å². The topological polar surface area (TPSA) is 85.4 Å². The standard InChI is InChI=1S/C19H17ClN4O3/c1-26-16-8-7-12(9-17(16)27-2)23-19(25)15-10-18(22-11-21-15)24-14-6-4-3-5-13(14)20/h3-11H,1-2H3,(H,23,25)(H,21,22,24). The molecule has 138 valence electrons. The number of halogens is 1. The molecule has 0 atom stereocenters. The van der Waals surface area contributed by atoms with Gasteiger partial charge in [-0.15, -0.1) is 0 Å². The molecule has 3 rings (SSSR count). The summed E-state index contributed by atoms with van der Waals surface area (Å²) in [5.41, 5.74) is 1.44. The molecular weight excluding hydrogens is 368 g/mol. The number of benzene rings is 2. The van der Waals surface area contributed by atoms with Crippen LogP contribution in [0.2, 0.25) is 5.02 Å². The SMILES string of the molecule is COc1ccc(NC(=O)c2cc(Nc3ccccc3Cl)ncn2)cc1OC. The van der Waals surface area contributed by atoms with Gasteiger partial charge in [-0.05, 0) is 24.3 Å². The number of methoxy groups -OCH3 is 2. The zero-order chi connectivity index (χ0) is 19.2. The highest BCUT2D eigenvalue weighted by Gasteiger charge is 2.12. The van der Waals surface area contributed by atoms with Gasteiger partial charge in [0.1, 0.15) is 17.8 Å². The first-order chi connectivity index (χ1) is 13.1. The van der Waals surface area contributed by atoms with E-state index in [4.69, 9.17) is 21.1 Å². The third kappa shape index (κ3) is 4.45. The molecule has 1 amide bonds. The van der Waals surface area contributed by atoms with Crippen LogP contribution in [-0.4, -0.2) is 30.1 Å². The van der Waals surface area contributed by atoms with Crippen molar-refractivity contribution in [1.82, 2.24) is 9.97 Å². The van der Waals surface area contributed by atoms with Gasteiger partial charge in [0.2, 0.25) is 0 Å². The minimum atomic E-state index is -0.383. The smallest absolute Gasteiger partial charge is 0.274 e. The average Bonchev–Trinajstić information content (AvgIpc) is 2.70. The quantitative estimate of drug-likeness (QED) is 0.664. The van der Waals surface area contributed by atoms with Crippen LogP contribution in [0.1, 0.15) is 10.5 Å². The molecule has 27 heavy (non-hydrogen) atoms. The van der Waals surface area contributed by atoms with E-state index >= 15 is 0 Å². The Hall–Kier alpha value is -3.32. The number of carbonyl (C=O) groups excluding carboxylic acids is 1. The van der Waals surface area contributed by atoms with Crippen molar-refractivity contribution in [1.29, 1.82) is 0 Å². The number of nitrogens with one attached hydrogen (secondary N) is 2. The van der Waals surface area contributed by atoms with Crippen molar-refractivity contribution in [2.24, 2.45) is 0 Å². The number of aromatic nitrogens is 2. The van der Waals surface area contributed by atoms with Crippen molar-refractivity contribution >= 4 is 34.7 Å². The molecule has 0 bridgehead atoms. The van der Waals surface area contributed by atoms with Crippen molar-refractivity contribution in [2.75, 3.05) is 24.9 Å². The van der Waals surface area contributed by atoms with Crippen LogP contribution < -0.4 is 20.1 Å². The van der Waals surface area contributed by atoms with Crippen molar-refractivity contribution in [2.45, 2.75) is 0 Å². The maximum absolute atomic E-state index is 12.5. The van der Waals surface area contributed by atoms with E-state index in [-0.39, 0.29) is 11.6 Å². The molecule has 0 spiro atoms. The monoisotopic (exact) mass is 384 g/mol. The van der Waals surface area contributed by atoms with E-state index in [1.165, 1.54) is 13.4 Å². The van der Waals surface area contributed by atoms with Gasteiger partial charge in [-0.1, -0.05) is 23.7 Å². The highest BCUT2D eigenvalue weighted by molar-refractivity contribution is 6.33. The molecule has 7 nitrogen and oxygen atoms in total. The Kier molecular flexibility index (Phi) is 5.73. The Morgan fingerprint density at radius 2 is 1.78 bits per heavy atom. The third-order valence-electron chi connectivity index (χ3n) is 3.68. The molecule has 2 N–H and O–H groups in total. The molecule has 0 fully saturated rings. The number of anilines is 3. The lowest BCUT2D eigenvalue weighted by molar-refractivity contribution is 0.102. The van der Waals surface area contributed by atoms with Crippen molar-refractivity contribution in [3.05, 3.63) is 65.6 Å². The number of hydrogen-bond donors (Lipinski definition) is 2. The fourth-order valence-corrected chi connectivity index (χ4v) is 2.54. The largest absolute Gasteiger partial charge is 0.493 e. The van der Waals surface area contributed by atoms with Gasteiger partial charge in [0.05, 0.1) is 24.9 Å². The van der Waals surface area contributed by atoms with E-state index in [0.29, 0.717) is 33.7 Å². The van der Waals surface area contributed by atoms with E-state index < -0.39 is 0 Å². The van der Waals surface area contributed by atoms with Crippen molar-refractivity contribution in [3.63, 3.8) is 0 Å². The Morgan fingerprint density at radius 3 is 2.52 bits per heavy atom. The molecule has 3 aromatic rings. The van der Waals surface area contributed by atoms with E-state index in [9.17, 15) is 4.79 Å².